The van der Waals surface area contributed by atoms with Crippen molar-refractivity contribution in [3.8, 4) is 28.2 Å². The summed E-state index contributed by atoms with van der Waals surface area (Å²) in [5.41, 5.74) is 5.24. The number of aromatic nitrogens is 3. The first-order valence-corrected chi connectivity index (χ1v) is 9.05. The highest BCUT2D eigenvalue weighted by molar-refractivity contribution is 5.85. The molecule has 0 N–H and O–H groups in total. The van der Waals surface area contributed by atoms with Crippen LogP contribution in [-0.4, -0.2) is 14.8 Å². The van der Waals surface area contributed by atoms with E-state index in [-0.39, 0.29) is 5.82 Å². The molecular weight excluding hydrogens is 349 g/mol. The van der Waals surface area contributed by atoms with E-state index in [1.807, 2.05) is 71.5 Å². The minimum atomic E-state index is -0.267. The van der Waals surface area contributed by atoms with Crippen LogP contribution >= 0.6 is 0 Å². The van der Waals surface area contributed by atoms with Crippen LogP contribution in [0.3, 0.4) is 0 Å². The third kappa shape index (κ3) is 2.95. The van der Waals surface area contributed by atoms with Crippen LogP contribution in [0.25, 0.3) is 39.1 Å². The molecule has 2 aromatic heterocycles. The second-order valence-electron chi connectivity index (χ2n) is 6.57. The van der Waals surface area contributed by atoms with Gasteiger partial charge >= 0.3 is 0 Å². The average molecular weight is 365 g/mol. The molecule has 0 saturated carbocycles. The van der Waals surface area contributed by atoms with Crippen molar-refractivity contribution in [1.29, 1.82) is 0 Å². The summed E-state index contributed by atoms with van der Waals surface area (Å²) in [5, 5.41) is 5.88. The maximum Gasteiger partial charge on any atom is 0.123 e. The molecule has 0 saturated heterocycles. The molecule has 2 heterocycles. The zero-order chi connectivity index (χ0) is 18.9. The number of hydrogen-bond acceptors (Lipinski definition) is 2. The van der Waals surface area contributed by atoms with Gasteiger partial charge in [-0.3, -0.25) is 0 Å². The lowest BCUT2D eigenvalue weighted by Crippen LogP contribution is -1.94. The van der Waals surface area contributed by atoms with Crippen LogP contribution < -0.4 is 0 Å². The summed E-state index contributed by atoms with van der Waals surface area (Å²) in [6, 6.07) is 28.4. The number of nitrogens with zero attached hydrogens (tertiary/aromatic N) is 3. The number of halogens is 1. The third-order valence-corrected chi connectivity index (χ3v) is 4.73. The minimum Gasteiger partial charge on any atom is -0.248 e. The largest absolute Gasteiger partial charge is 0.248 e. The van der Waals surface area contributed by atoms with Crippen molar-refractivity contribution < 1.29 is 4.39 Å². The number of pyridine rings is 1. The van der Waals surface area contributed by atoms with E-state index >= 15 is 0 Å². The maximum absolute atomic E-state index is 13.4. The quantitative estimate of drug-likeness (QED) is 0.399. The van der Waals surface area contributed by atoms with Gasteiger partial charge in [-0.1, -0.05) is 42.5 Å². The van der Waals surface area contributed by atoms with E-state index in [0.717, 1.165) is 39.1 Å². The molecule has 134 valence electrons. The van der Waals surface area contributed by atoms with Gasteiger partial charge in [0.1, 0.15) is 11.5 Å². The van der Waals surface area contributed by atoms with Gasteiger partial charge in [-0.25, -0.2) is 14.1 Å². The van der Waals surface area contributed by atoms with Crippen molar-refractivity contribution in [1.82, 2.24) is 14.8 Å². The topological polar surface area (TPSA) is 30.7 Å². The summed E-state index contributed by atoms with van der Waals surface area (Å²) in [4.78, 5) is 4.83. The van der Waals surface area contributed by atoms with Gasteiger partial charge in [-0.15, -0.1) is 0 Å². The summed E-state index contributed by atoms with van der Waals surface area (Å²) < 4.78 is 15.3. The molecule has 0 fully saturated rings. The van der Waals surface area contributed by atoms with E-state index in [1.165, 1.54) is 12.1 Å². The highest BCUT2D eigenvalue weighted by Gasteiger charge is 2.15. The number of rotatable bonds is 3. The zero-order valence-electron chi connectivity index (χ0n) is 15.0. The van der Waals surface area contributed by atoms with Gasteiger partial charge in [0.05, 0.1) is 16.9 Å². The third-order valence-electron chi connectivity index (χ3n) is 4.73. The minimum absolute atomic E-state index is 0.267. The predicted octanol–water partition coefficient (Wildman–Crippen LogP) is 5.89. The van der Waals surface area contributed by atoms with E-state index in [9.17, 15) is 4.39 Å². The summed E-state index contributed by atoms with van der Waals surface area (Å²) in [6.07, 6.45) is 1.98. The van der Waals surface area contributed by atoms with E-state index in [0.29, 0.717) is 0 Å². The standard InChI is InChI=1S/C24H16FN3/c25-19-13-10-18(11-14-19)24-21(16-28(27-24)20-7-2-1-3-8-20)23-15-12-17-6-4-5-9-22(17)26-23/h1-16H. The van der Waals surface area contributed by atoms with Crippen LogP contribution in [0.4, 0.5) is 4.39 Å². The SMILES string of the molecule is Fc1ccc(-c2nn(-c3ccccc3)cc2-c2ccc3ccccc3n2)cc1. The Morgan fingerprint density at radius 3 is 2.29 bits per heavy atom. The normalized spacial score (nSPS) is 11.0. The Hall–Kier alpha value is -3.79. The maximum atomic E-state index is 13.4. The van der Waals surface area contributed by atoms with Crippen LogP contribution in [0, 0.1) is 5.82 Å². The van der Waals surface area contributed by atoms with Gasteiger partial charge in [-0.2, -0.15) is 5.10 Å². The molecule has 0 amide bonds. The van der Waals surface area contributed by atoms with E-state index < -0.39 is 0 Å². The summed E-state index contributed by atoms with van der Waals surface area (Å²) >= 11 is 0. The summed E-state index contributed by atoms with van der Waals surface area (Å²) in [7, 11) is 0. The lowest BCUT2D eigenvalue weighted by molar-refractivity contribution is 0.628. The Morgan fingerprint density at radius 1 is 0.714 bits per heavy atom. The molecule has 0 atom stereocenters. The van der Waals surface area contributed by atoms with Gasteiger partial charge in [-0.05, 0) is 48.5 Å². The van der Waals surface area contributed by atoms with Crippen molar-refractivity contribution >= 4 is 10.9 Å². The van der Waals surface area contributed by atoms with Crippen LogP contribution in [0.5, 0.6) is 0 Å². The van der Waals surface area contributed by atoms with Gasteiger partial charge in [0.25, 0.3) is 0 Å². The van der Waals surface area contributed by atoms with Crippen molar-refractivity contribution in [2.75, 3.05) is 0 Å². The number of hydrogen-bond donors (Lipinski definition) is 0. The fourth-order valence-corrected chi connectivity index (χ4v) is 3.31. The van der Waals surface area contributed by atoms with Crippen LogP contribution in [0.2, 0.25) is 0 Å². The molecule has 4 heteroatoms. The Labute approximate surface area is 161 Å². The molecule has 0 spiro atoms. The van der Waals surface area contributed by atoms with E-state index in [2.05, 4.69) is 6.07 Å². The molecule has 0 aliphatic rings. The Kier molecular flexibility index (Phi) is 3.95. The Morgan fingerprint density at radius 2 is 1.46 bits per heavy atom. The number of fused-ring (bicyclic) bond motifs is 1. The van der Waals surface area contributed by atoms with Gasteiger partial charge < -0.3 is 0 Å². The molecule has 0 bridgehead atoms. The molecule has 0 unspecified atom stereocenters. The molecule has 3 nitrogen and oxygen atoms in total. The average Bonchev–Trinajstić information content (AvgIpc) is 3.20. The fraction of sp³-hybridized carbons (Fsp3) is 0. The fourth-order valence-electron chi connectivity index (χ4n) is 3.31. The first kappa shape index (κ1) is 16.4. The number of benzene rings is 3. The second-order valence-corrected chi connectivity index (χ2v) is 6.57. The molecule has 0 aliphatic carbocycles. The van der Waals surface area contributed by atoms with E-state index in [4.69, 9.17) is 10.1 Å². The molecule has 28 heavy (non-hydrogen) atoms. The van der Waals surface area contributed by atoms with Crippen LogP contribution in [0.15, 0.2) is 97.2 Å². The predicted molar refractivity (Wildman–Crippen MR) is 110 cm³/mol. The van der Waals surface area contributed by atoms with Crippen molar-refractivity contribution in [3.63, 3.8) is 0 Å². The Bertz CT molecular complexity index is 1260. The van der Waals surface area contributed by atoms with Crippen LogP contribution in [-0.2, 0) is 0 Å². The molecular formula is C24H16FN3. The van der Waals surface area contributed by atoms with Crippen molar-refractivity contribution in [3.05, 3.63) is 103 Å². The first-order chi connectivity index (χ1) is 13.8. The lowest BCUT2D eigenvalue weighted by Gasteiger charge is -2.04. The smallest absolute Gasteiger partial charge is 0.123 e. The second kappa shape index (κ2) is 6.74. The molecule has 5 aromatic rings. The Balaban J connectivity index is 1.72. The van der Waals surface area contributed by atoms with Crippen LogP contribution in [0.1, 0.15) is 0 Å². The highest BCUT2D eigenvalue weighted by Crippen LogP contribution is 2.32. The molecule has 0 aliphatic heterocycles. The van der Waals surface area contributed by atoms with Gasteiger partial charge in [0, 0.05) is 22.7 Å². The summed E-state index contributed by atoms with van der Waals surface area (Å²) in [5.74, 6) is -0.267. The molecule has 5 rings (SSSR count). The van der Waals surface area contributed by atoms with Crippen molar-refractivity contribution in [2.45, 2.75) is 0 Å². The first-order valence-electron chi connectivity index (χ1n) is 9.05. The summed E-state index contributed by atoms with van der Waals surface area (Å²) in [6.45, 7) is 0. The van der Waals surface area contributed by atoms with Gasteiger partial charge in [0.15, 0.2) is 0 Å². The van der Waals surface area contributed by atoms with Gasteiger partial charge in [0.2, 0.25) is 0 Å². The monoisotopic (exact) mass is 365 g/mol. The highest BCUT2D eigenvalue weighted by atomic mass is 19.1. The number of para-hydroxylation sites is 2. The zero-order valence-corrected chi connectivity index (χ0v) is 15.0. The molecule has 3 aromatic carbocycles. The van der Waals surface area contributed by atoms with E-state index in [1.54, 1.807) is 12.1 Å². The van der Waals surface area contributed by atoms with Crippen molar-refractivity contribution in [2.24, 2.45) is 0 Å². The lowest BCUT2D eigenvalue weighted by atomic mass is 10.0. The molecule has 0 radical (unpaired) electrons.